The zero-order chi connectivity index (χ0) is 29.6. The van der Waals surface area contributed by atoms with Crippen molar-refractivity contribution in [3.05, 3.63) is 86.5 Å². The molecule has 2 N–H and O–H groups in total. The van der Waals surface area contributed by atoms with Crippen molar-refractivity contribution in [2.75, 3.05) is 42.3 Å². The SMILES string of the molecule is COCc1cc(C(C)(c2cc(COC)c(O)c(COC)c2)c2cc(COC)c3c(c2)COCO3)cc(COC)c1O. The van der Waals surface area contributed by atoms with Gasteiger partial charge in [-0.3, -0.25) is 0 Å². The van der Waals surface area contributed by atoms with Crippen LogP contribution in [0.15, 0.2) is 36.4 Å². The van der Waals surface area contributed by atoms with Gasteiger partial charge in [-0.1, -0.05) is 0 Å². The maximum Gasteiger partial charge on any atom is 0.189 e. The van der Waals surface area contributed by atoms with E-state index in [2.05, 4.69) is 19.1 Å². The van der Waals surface area contributed by atoms with E-state index in [0.717, 1.165) is 33.6 Å². The van der Waals surface area contributed by atoms with E-state index in [4.69, 9.17) is 33.2 Å². The van der Waals surface area contributed by atoms with Crippen molar-refractivity contribution in [3.63, 3.8) is 0 Å². The van der Waals surface area contributed by atoms with E-state index in [1.54, 1.807) is 35.5 Å². The van der Waals surface area contributed by atoms with Gasteiger partial charge < -0.3 is 43.4 Å². The van der Waals surface area contributed by atoms with Gasteiger partial charge in [-0.15, -0.1) is 0 Å². The van der Waals surface area contributed by atoms with E-state index < -0.39 is 5.41 Å². The fourth-order valence-corrected chi connectivity index (χ4v) is 5.51. The van der Waals surface area contributed by atoms with Crippen molar-refractivity contribution < 1.29 is 43.4 Å². The molecule has 3 aromatic rings. The molecule has 0 saturated heterocycles. The third kappa shape index (κ3) is 6.21. The van der Waals surface area contributed by atoms with Gasteiger partial charge in [0.25, 0.3) is 0 Å². The van der Waals surface area contributed by atoms with Crippen molar-refractivity contribution in [1.82, 2.24) is 0 Å². The molecule has 1 aliphatic rings. The molecule has 41 heavy (non-hydrogen) atoms. The number of aromatic hydroxyl groups is 2. The van der Waals surface area contributed by atoms with E-state index in [1.165, 1.54) is 0 Å². The Morgan fingerprint density at radius 2 is 0.976 bits per heavy atom. The summed E-state index contributed by atoms with van der Waals surface area (Å²) in [6, 6.07) is 12.0. The zero-order valence-electron chi connectivity index (χ0n) is 24.7. The molecule has 222 valence electrons. The van der Waals surface area contributed by atoms with Gasteiger partial charge in [-0.25, -0.2) is 0 Å². The fourth-order valence-electron chi connectivity index (χ4n) is 5.51. The first-order chi connectivity index (χ1) is 19.8. The van der Waals surface area contributed by atoms with Crippen molar-refractivity contribution in [2.45, 2.75) is 52.0 Å². The number of rotatable bonds is 13. The van der Waals surface area contributed by atoms with Crippen molar-refractivity contribution >= 4 is 0 Å². The van der Waals surface area contributed by atoms with Crippen molar-refractivity contribution in [2.24, 2.45) is 0 Å². The van der Waals surface area contributed by atoms with Crippen LogP contribution in [0.5, 0.6) is 17.2 Å². The van der Waals surface area contributed by atoms with Crippen molar-refractivity contribution in [3.8, 4) is 17.2 Å². The third-order valence-electron chi connectivity index (χ3n) is 7.55. The summed E-state index contributed by atoms with van der Waals surface area (Å²) in [6.45, 7) is 3.91. The van der Waals surface area contributed by atoms with Crippen LogP contribution in [-0.4, -0.2) is 52.6 Å². The van der Waals surface area contributed by atoms with Gasteiger partial charge in [0.1, 0.15) is 17.2 Å². The van der Waals surface area contributed by atoms with Crippen LogP contribution in [0.3, 0.4) is 0 Å². The summed E-state index contributed by atoms with van der Waals surface area (Å²) in [6.07, 6.45) is 0. The first-order valence-electron chi connectivity index (χ1n) is 13.3. The number of benzene rings is 3. The molecule has 0 atom stereocenters. The first kappa shape index (κ1) is 30.8. The Kier molecular flexibility index (Phi) is 10.2. The van der Waals surface area contributed by atoms with Crippen molar-refractivity contribution in [1.29, 1.82) is 0 Å². The topological polar surface area (TPSA) is 105 Å². The summed E-state index contributed by atoms with van der Waals surface area (Å²) in [4.78, 5) is 0. The van der Waals surface area contributed by atoms with E-state index in [9.17, 15) is 10.2 Å². The molecule has 0 bridgehead atoms. The van der Waals surface area contributed by atoms with E-state index in [0.29, 0.717) is 35.5 Å². The van der Waals surface area contributed by atoms with Crippen LogP contribution >= 0.6 is 0 Å². The van der Waals surface area contributed by atoms with Gasteiger partial charge in [0.05, 0.1) is 39.6 Å². The zero-order valence-corrected chi connectivity index (χ0v) is 24.7. The number of phenols is 2. The smallest absolute Gasteiger partial charge is 0.189 e. The minimum absolute atomic E-state index is 0.137. The highest BCUT2D eigenvalue weighted by Gasteiger charge is 2.36. The van der Waals surface area contributed by atoms with Crippen LogP contribution in [0.2, 0.25) is 0 Å². The molecule has 0 aromatic heterocycles. The predicted molar refractivity (Wildman–Crippen MR) is 152 cm³/mol. The lowest BCUT2D eigenvalue weighted by molar-refractivity contribution is -0.0181. The van der Waals surface area contributed by atoms with E-state index >= 15 is 0 Å². The molecule has 0 amide bonds. The molecule has 0 saturated carbocycles. The fraction of sp³-hybridized carbons (Fsp3) is 0.438. The van der Waals surface area contributed by atoms with E-state index in [1.807, 2.05) is 24.3 Å². The summed E-state index contributed by atoms with van der Waals surface area (Å²) < 4.78 is 38.9. The summed E-state index contributed by atoms with van der Waals surface area (Å²) in [5.74, 6) is 1.04. The van der Waals surface area contributed by atoms with Gasteiger partial charge in [0.2, 0.25) is 0 Å². The molecule has 1 heterocycles. The lowest BCUT2D eigenvalue weighted by Crippen LogP contribution is -2.28. The summed E-state index contributed by atoms with van der Waals surface area (Å²) in [5.41, 5.74) is 6.30. The Hall–Kier alpha value is -3.18. The second-order valence-electron chi connectivity index (χ2n) is 10.3. The lowest BCUT2D eigenvalue weighted by atomic mass is 9.69. The van der Waals surface area contributed by atoms with Gasteiger partial charge in [-0.2, -0.15) is 0 Å². The molecule has 3 aromatic carbocycles. The number of ether oxygens (including phenoxy) is 7. The normalized spacial score (nSPS) is 13.2. The average Bonchev–Trinajstić information content (AvgIpc) is 2.97. The Bertz CT molecular complexity index is 1230. The van der Waals surface area contributed by atoms with Crippen LogP contribution < -0.4 is 4.74 Å². The second kappa shape index (κ2) is 13.7. The molecule has 0 radical (unpaired) electrons. The highest BCUT2D eigenvalue weighted by molar-refractivity contribution is 5.60. The Morgan fingerprint density at radius 1 is 0.610 bits per heavy atom. The molecule has 0 unspecified atom stereocenters. The van der Waals surface area contributed by atoms with Crippen LogP contribution in [0.1, 0.15) is 57.0 Å². The number of methoxy groups -OCH3 is 5. The highest BCUT2D eigenvalue weighted by Crippen LogP contribution is 2.46. The minimum Gasteiger partial charge on any atom is -0.507 e. The third-order valence-corrected chi connectivity index (χ3v) is 7.55. The number of phenolic OH excluding ortho intramolecular Hbond substituents is 2. The standard InChI is InChI=1S/C32H40O9/c1-32(26-7-20(13-35-2)29(33)21(8-26)14-36-3,27-9-22(15-37-4)30(34)23(10-27)16-38-5)28-11-24(17-39-6)31-25(12-28)18-40-19-41-31/h7-12,33-34H,13-19H2,1-6H3. The van der Waals surface area contributed by atoms with Gasteiger partial charge in [0, 0.05) is 74.3 Å². The number of fused-ring (bicyclic) bond motifs is 1. The summed E-state index contributed by atoms with van der Waals surface area (Å²) in [7, 11) is 8.02. The molecular weight excluding hydrogens is 528 g/mol. The predicted octanol–water partition coefficient (Wildman–Crippen LogP) is 5.05. The molecule has 0 aliphatic carbocycles. The van der Waals surface area contributed by atoms with Gasteiger partial charge in [-0.05, 0) is 60.0 Å². The largest absolute Gasteiger partial charge is 0.507 e. The Morgan fingerprint density at radius 3 is 1.39 bits per heavy atom. The van der Waals surface area contributed by atoms with Crippen LogP contribution in [0.25, 0.3) is 0 Å². The number of hydrogen-bond acceptors (Lipinski definition) is 9. The Labute approximate surface area is 241 Å². The van der Waals surface area contributed by atoms with Crippen LogP contribution in [0, 0.1) is 0 Å². The lowest BCUT2D eigenvalue weighted by Gasteiger charge is -2.35. The first-order valence-corrected chi connectivity index (χ1v) is 13.3. The monoisotopic (exact) mass is 568 g/mol. The van der Waals surface area contributed by atoms with Gasteiger partial charge >= 0.3 is 0 Å². The maximum absolute atomic E-state index is 11.0. The van der Waals surface area contributed by atoms with Crippen LogP contribution in [0.4, 0.5) is 0 Å². The molecule has 0 fully saturated rings. The molecule has 9 nitrogen and oxygen atoms in total. The molecular formula is C32H40O9. The summed E-state index contributed by atoms with van der Waals surface area (Å²) >= 11 is 0. The van der Waals surface area contributed by atoms with Gasteiger partial charge in [0.15, 0.2) is 6.79 Å². The quantitative estimate of drug-likeness (QED) is 0.274. The molecule has 1 aliphatic heterocycles. The maximum atomic E-state index is 11.0. The number of hydrogen-bond donors (Lipinski definition) is 2. The Balaban J connectivity index is 2.09. The molecule has 0 spiro atoms. The van der Waals surface area contributed by atoms with Crippen LogP contribution in [-0.2, 0) is 73.5 Å². The highest BCUT2D eigenvalue weighted by atomic mass is 16.7. The second-order valence-corrected chi connectivity index (χ2v) is 10.3. The summed E-state index contributed by atoms with van der Waals surface area (Å²) in [5, 5.41) is 22.1. The van der Waals surface area contributed by atoms with E-state index in [-0.39, 0.29) is 44.7 Å². The molecule has 9 heteroatoms. The average molecular weight is 569 g/mol. The minimum atomic E-state index is -0.799. The molecule has 4 rings (SSSR count).